The molecule has 0 aromatic heterocycles. The Morgan fingerprint density at radius 1 is 1.00 bits per heavy atom. The predicted octanol–water partition coefficient (Wildman–Crippen LogP) is 5.39. The monoisotopic (exact) mass is 312 g/mol. The summed E-state index contributed by atoms with van der Waals surface area (Å²) in [6, 6.07) is 16.4. The van der Waals surface area contributed by atoms with Gasteiger partial charge in [-0.1, -0.05) is 63.6 Å². The van der Waals surface area contributed by atoms with Gasteiger partial charge in [-0.25, -0.2) is 0 Å². The van der Waals surface area contributed by atoms with Crippen LogP contribution in [0.25, 0.3) is 0 Å². The highest BCUT2D eigenvalue weighted by Gasteiger charge is 2.01. The van der Waals surface area contributed by atoms with Crippen LogP contribution in [0.5, 0.6) is 0 Å². The van der Waals surface area contributed by atoms with Crippen LogP contribution in [0.1, 0.15) is 5.56 Å². The van der Waals surface area contributed by atoms with Crippen molar-refractivity contribution >= 4 is 39.3 Å². The lowest BCUT2D eigenvalue weighted by Crippen LogP contribution is -1.78. The van der Waals surface area contributed by atoms with Crippen molar-refractivity contribution in [2.75, 3.05) is 0 Å². The Labute approximate surface area is 113 Å². The molecule has 0 heterocycles. The van der Waals surface area contributed by atoms with Gasteiger partial charge in [0.25, 0.3) is 0 Å². The number of hydrogen-bond acceptors (Lipinski definition) is 1. The molecule has 0 aliphatic rings. The zero-order valence-corrected chi connectivity index (χ0v) is 11.6. The fourth-order valence-electron chi connectivity index (χ4n) is 1.30. The summed E-state index contributed by atoms with van der Waals surface area (Å²) in [6.45, 7) is 0. The van der Waals surface area contributed by atoms with E-state index in [0.717, 1.165) is 15.2 Å². The van der Waals surface area contributed by atoms with Crippen molar-refractivity contribution in [3.05, 3.63) is 59.1 Å². The first-order valence-corrected chi connectivity index (χ1v) is 7.18. The maximum atomic E-state index is 6.10. The van der Waals surface area contributed by atoms with Crippen molar-refractivity contribution in [1.29, 1.82) is 0 Å². The van der Waals surface area contributed by atoms with Gasteiger partial charge in [0.05, 0.1) is 5.02 Å². The Balaban J connectivity index is 2.18. The summed E-state index contributed by atoms with van der Waals surface area (Å²) in [7, 11) is 0. The zero-order valence-electron chi connectivity index (χ0n) is 8.49. The molecule has 2 aromatic rings. The molecule has 0 amide bonds. The number of hydrogen-bond donors (Lipinski definition) is 0. The third-order valence-electron chi connectivity index (χ3n) is 2.14. The number of benzene rings is 2. The van der Waals surface area contributed by atoms with E-state index in [2.05, 4.69) is 40.2 Å². The van der Waals surface area contributed by atoms with E-state index in [9.17, 15) is 0 Å². The van der Waals surface area contributed by atoms with Crippen LogP contribution in [-0.4, -0.2) is 0 Å². The first-order chi connectivity index (χ1) is 7.79. The Bertz CT molecular complexity index is 468. The maximum absolute atomic E-state index is 6.10. The van der Waals surface area contributed by atoms with Crippen LogP contribution in [-0.2, 0) is 5.33 Å². The van der Waals surface area contributed by atoms with E-state index in [-0.39, 0.29) is 0 Å². The van der Waals surface area contributed by atoms with Crippen molar-refractivity contribution < 1.29 is 0 Å². The zero-order chi connectivity index (χ0) is 11.4. The molecular formula is C13H10BrClS. The number of halogens is 2. The molecule has 0 N–H and O–H groups in total. The van der Waals surface area contributed by atoms with E-state index < -0.39 is 0 Å². The number of alkyl halides is 1. The van der Waals surface area contributed by atoms with Crippen LogP contribution in [0.3, 0.4) is 0 Å². The van der Waals surface area contributed by atoms with Crippen LogP contribution in [0.15, 0.2) is 58.3 Å². The van der Waals surface area contributed by atoms with Crippen LogP contribution in [0, 0.1) is 0 Å². The fourth-order valence-corrected chi connectivity index (χ4v) is 2.76. The van der Waals surface area contributed by atoms with Gasteiger partial charge in [0.2, 0.25) is 0 Å². The lowest BCUT2D eigenvalue weighted by Gasteiger charge is -2.04. The van der Waals surface area contributed by atoms with Crippen LogP contribution < -0.4 is 0 Å². The molecule has 0 saturated carbocycles. The summed E-state index contributed by atoms with van der Waals surface area (Å²) in [4.78, 5) is 2.30. The van der Waals surface area contributed by atoms with Crippen molar-refractivity contribution in [1.82, 2.24) is 0 Å². The third-order valence-corrected chi connectivity index (χ3v) is 4.32. The second-order valence-corrected chi connectivity index (χ2v) is 5.39. The minimum absolute atomic E-state index is 0.803. The standard InChI is InChI=1S/C13H10BrClS/c14-9-10-5-7-11(8-6-10)16-13-4-2-1-3-12(13)15/h1-8H,9H2. The Morgan fingerprint density at radius 2 is 1.69 bits per heavy atom. The van der Waals surface area contributed by atoms with Crippen molar-refractivity contribution in [2.45, 2.75) is 15.1 Å². The average molecular weight is 314 g/mol. The van der Waals surface area contributed by atoms with Gasteiger partial charge in [-0.2, -0.15) is 0 Å². The Hall–Kier alpha value is -0.440. The summed E-state index contributed by atoms with van der Waals surface area (Å²) in [6.07, 6.45) is 0. The van der Waals surface area contributed by atoms with E-state index in [0.29, 0.717) is 0 Å². The summed E-state index contributed by atoms with van der Waals surface area (Å²) >= 11 is 11.2. The van der Waals surface area contributed by atoms with Gasteiger partial charge >= 0.3 is 0 Å². The highest BCUT2D eigenvalue weighted by atomic mass is 79.9. The first-order valence-electron chi connectivity index (χ1n) is 4.87. The van der Waals surface area contributed by atoms with E-state index >= 15 is 0 Å². The molecule has 0 saturated heterocycles. The van der Waals surface area contributed by atoms with E-state index in [1.165, 1.54) is 10.5 Å². The van der Waals surface area contributed by atoms with Crippen LogP contribution in [0.4, 0.5) is 0 Å². The lowest BCUT2D eigenvalue weighted by atomic mass is 10.2. The topological polar surface area (TPSA) is 0 Å². The Morgan fingerprint density at radius 3 is 2.31 bits per heavy atom. The van der Waals surface area contributed by atoms with E-state index in [1.807, 2.05) is 24.3 Å². The van der Waals surface area contributed by atoms with Gasteiger partial charge in [-0.3, -0.25) is 0 Å². The van der Waals surface area contributed by atoms with Crippen molar-refractivity contribution in [2.24, 2.45) is 0 Å². The molecule has 0 aliphatic carbocycles. The van der Waals surface area contributed by atoms with E-state index in [1.54, 1.807) is 11.8 Å². The molecule has 0 radical (unpaired) electrons. The molecule has 0 nitrogen and oxygen atoms in total. The molecule has 2 aromatic carbocycles. The van der Waals surface area contributed by atoms with Crippen LogP contribution >= 0.6 is 39.3 Å². The second-order valence-electron chi connectivity index (χ2n) is 3.31. The minimum Gasteiger partial charge on any atom is -0.0885 e. The molecule has 0 unspecified atom stereocenters. The van der Waals surface area contributed by atoms with Crippen molar-refractivity contribution in [3.63, 3.8) is 0 Å². The summed E-state index contributed by atoms with van der Waals surface area (Å²) in [5, 5.41) is 1.70. The normalized spacial score (nSPS) is 10.4. The summed E-state index contributed by atoms with van der Waals surface area (Å²) in [5.74, 6) is 0. The summed E-state index contributed by atoms with van der Waals surface area (Å²) in [5.41, 5.74) is 1.28. The molecule has 82 valence electrons. The minimum atomic E-state index is 0.803. The summed E-state index contributed by atoms with van der Waals surface area (Å²) < 4.78 is 0. The molecule has 3 heteroatoms. The van der Waals surface area contributed by atoms with Crippen LogP contribution in [0.2, 0.25) is 5.02 Å². The Kier molecular flexibility index (Phi) is 4.33. The average Bonchev–Trinajstić information content (AvgIpc) is 2.33. The molecule has 0 fully saturated rings. The van der Waals surface area contributed by atoms with Gasteiger partial charge in [0.15, 0.2) is 0 Å². The van der Waals surface area contributed by atoms with Gasteiger partial charge < -0.3 is 0 Å². The van der Waals surface area contributed by atoms with Gasteiger partial charge in [0.1, 0.15) is 0 Å². The quantitative estimate of drug-likeness (QED) is 0.685. The smallest absolute Gasteiger partial charge is 0.0545 e. The largest absolute Gasteiger partial charge is 0.0885 e. The second kappa shape index (κ2) is 5.76. The molecule has 2 rings (SSSR count). The highest BCUT2D eigenvalue weighted by Crippen LogP contribution is 2.33. The highest BCUT2D eigenvalue weighted by molar-refractivity contribution is 9.08. The molecule has 0 bridgehead atoms. The SMILES string of the molecule is Clc1ccccc1Sc1ccc(CBr)cc1. The molecule has 0 spiro atoms. The first kappa shape index (κ1) is 12.0. The number of rotatable bonds is 3. The third kappa shape index (κ3) is 3.03. The molecular weight excluding hydrogens is 304 g/mol. The predicted molar refractivity (Wildman–Crippen MR) is 74.6 cm³/mol. The lowest BCUT2D eigenvalue weighted by molar-refractivity contribution is 1.35. The van der Waals surface area contributed by atoms with Gasteiger partial charge in [0, 0.05) is 15.1 Å². The van der Waals surface area contributed by atoms with Gasteiger partial charge in [-0.05, 0) is 29.8 Å². The fraction of sp³-hybridized carbons (Fsp3) is 0.0769. The molecule has 0 aliphatic heterocycles. The van der Waals surface area contributed by atoms with Gasteiger partial charge in [-0.15, -0.1) is 0 Å². The van der Waals surface area contributed by atoms with E-state index in [4.69, 9.17) is 11.6 Å². The molecule has 16 heavy (non-hydrogen) atoms. The maximum Gasteiger partial charge on any atom is 0.0545 e. The van der Waals surface area contributed by atoms with Crippen molar-refractivity contribution in [3.8, 4) is 0 Å². The molecule has 0 atom stereocenters.